The zero-order chi connectivity index (χ0) is 12.0. The van der Waals surface area contributed by atoms with Crippen LogP contribution >= 0.6 is 0 Å². The highest BCUT2D eigenvalue weighted by molar-refractivity contribution is 5.52. The number of ether oxygens (including phenoxy) is 1. The summed E-state index contributed by atoms with van der Waals surface area (Å²) >= 11 is 0. The van der Waals surface area contributed by atoms with Gasteiger partial charge in [0.1, 0.15) is 5.82 Å². The van der Waals surface area contributed by atoms with Crippen LogP contribution in [0.2, 0.25) is 0 Å². The van der Waals surface area contributed by atoms with Crippen molar-refractivity contribution in [2.24, 2.45) is 5.92 Å². The van der Waals surface area contributed by atoms with Gasteiger partial charge in [0.25, 0.3) is 0 Å². The van der Waals surface area contributed by atoms with Gasteiger partial charge in [0.15, 0.2) is 0 Å². The quantitative estimate of drug-likeness (QED) is 0.776. The second-order valence-corrected chi connectivity index (χ2v) is 4.13. The van der Waals surface area contributed by atoms with Gasteiger partial charge in [-0.25, -0.2) is 4.98 Å². The summed E-state index contributed by atoms with van der Waals surface area (Å²) in [5.41, 5.74) is 1.06. The molecule has 16 heavy (non-hydrogen) atoms. The third-order valence-corrected chi connectivity index (χ3v) is 2.52. The van der Waals surface area contributed by atoms with Crippen LogP contribution in [0.1, 0.15) is 13.8 Å². The third-order valence-electron chi connectivity index (χ3n) is 2.52. The molecule has 0 saturated carbocycles. The average Bonchev–Trinajstić information content (AvgIpc) is 2.28. The van der Waals surface area contributed by atoms with E-state index >= 15 is 0 Å². The van der Waals surface area contributed by atoms with Gasteiger partial charge < -0.3 is 15.4 Å². The molecule has 1 aromatic heterocycles. The molecule has 0 aromatic carbocycles. The standard InChI is InChI=1S/C12H21N3O/c1-9(2)11(8-16-4)15-10-5-6-14-12(7-10)13-3/h5-7,9,11H,8H2,1-4H3,(H2,13,14,15). The molecule has 1 heterocycles. The van der Waals surface area contributed by atoms with Gasteiger partial charge in [0.05, 0.1) is 12.6 Å². The van der Waals surface area contributed by atoms with Crippen LogP contribution in [-0.2, 0) is 4.74 Å². The minimum absolute atomic E-state index is 0.317. The molecule has 0 aliphatic carbocycles. The second kappa shape index (κ2) is 6.33. The van der Waals surface area contributed by atoms with Crippen LogP contribution < -0.4 is 10.6 Å². The Morgan fingerprint density at radius 3 is 2.75 bits per heavy atom. The normalized spacial score (nSPS) is 12.6. The molecule has 1 rings (SSSR count). The van der Waals surface area contributed by atoms with Crippen LogP contribution in [0.4, 0.5) is 11.5 Å². The third kappa shape index (κ3) is 3.70. The maximum absolute atomic E-state index is 5.20. The van der Waals surface area contributed by atoms with Crippen molar-refractivity contribution in [2.75, 3.05) is 31.4 Å². The second-order valence-electron chi connectivity index (χ2n) is 4.13. The van der Waals surface area contributed by atoms with Crippen molar-refractivity contribution in [2.45, 2.75) is 19.9 Å². The highest BCUT2D eigenvalue weighted by atomic mass is 16.5. The van der Waals surface area contributed by atoms with Gasteiger partial charge in [0.2, 0.25) is 0 Å². The van der Waals surface area contributed by atoms with Crippen molar-refractivity contribution >= 4 is 11.5 Å². The molecule has 4 heteroatoms. The molecule has 1 aromatic rings. The van der Waals surface area contributed by atoms with E-state index in [0.29, 0.717) is 18.6 Å². The smallest absolute Gasteiger partial charge is 0.127 e. The van der Waals surface area contributed by atoms with E-state index in [9.17, 15) is 0 Å². The first-order chi connectivity index (χ1) is 7.67. The fourth-order valence-corrected chi connectivity index (χ4v) is 1.45. The number of hydrogen-bond acceptors (Lipinski definition) is 4. The molecule has 1 atom stereocenters. The lowest BCUT2D eigenvalue weighted by molar-refractivity contribution is 0.171. The van der Waals surface area contributed by atoms with E-state index in [4.69, 9.17) is 4.74 Å². The van der Waals surface area contributed by atoms with Crippen molar-refractivity contribution in [3.8, 4) is 0 Å². The minimum atomic E-state index is 0.317. The predicted molar refractivity (Wildman–Crippen MR) is 67.9 cm³/mol. The first-order valence-electron chi connectivity index (χ1n) is 5.56. The summed E-state index contributed by atoms with van der Waals surface area (Å²) in [4.78, 5) is 4.17. The summed E-state index contributed by atoms with van der Waals surface area (Å²) in [6.45, 7) is 5.06. The van der Waals surface area contributed by atoms with Crippen molar-refractivity contribution in [3.05, 3.63) is 18.3 Å². The Morgan fingerprint density at radius 1 is 1.44 bits per heavy atom. The molecule has 1 unspecified atom stereocenters. The number of hydrogen-bond donors (Lipinski definition) is 2. The van der Waals surface area contributed by atoms with E-state index in [2.05, 4.69) is 29.5 Å². The summed E-state index contributed by atoms with van der Waals surface area (Å²) < 4.78 is 5.20. The van der Waals surface area contributed by atoms with E-state index < -0.39 is 0 Å². The molecule has 0 aliphatic rings. The fourth-order valence-electron chi connectivity index (χ4n) is 1.45. The van der Waals surface area contributed by atoms with Crippen molar-refractivity contribution in [3.63, 3.8) is 0 Å². The van der Waals surface area contributed by atoms with E-state index in [0.717, 1.165) is 11.5 Å². The lowest BCUT2D eigenvalue weighted by atomic mass is 10.1. The Bertz CT molecular complexity index is 315. The van der Waals surface area contributed by atoms with Gasteiger partial charge in [0, 0.05) is 32.1 Å². The summed E-state index contributed by atoms with van der Waals surface area (Å²) in [5.74, 6) is 1.39. The molecule has 0 aliphatic heterocycles. The monoisotopic (exact) mass is 223 g/mol. The van der Waals surface area contributed by atoms with E-state index in [-0.39, 0.29) is 0 Å². The summed E-state index contributed by atoms with van der Waals surface area (Å²) in [6.07, 6.45) is 1.79. The van der Waals surface area contributed by atoms with Crippen LogP contribution in [0.15, 0.2) is 18.3 Å². The summed E-state index contributed by atoms with van der Waals surface area (Å²) in [6, 6.07) is 4.27. The number of nitrogens with one attached hydrogen (secondary N) is 2. The first-order valence-corrected chi connectivity index (χ1v) is 5.56. The average molecular weight is 223 g/mol. The first kappa shape index (κ1) is 12.8. The molecule has 4 nitrogen and oxygen atoms in total. The number of nitrogens with zero attached hydrogens (tertiary/aromatic N) is 1. The van der Waals surface area contributed by atoms with Crippen molar-refractivity contribution < 1.29 is 4.74 Å². The number of methoxy groups -OCH3 is 1. The maximum Gasteiger partial charge on any atom is 0.127 e. The molecule has 0 radical (unpaired) electrons. The van der Waals surface area contributed by atoms with Gasteiger partial charge >= 0.3 is 0 Å². The molecule has 0 spiro atoms. The highest BCUT2D eigenvalue weighted by Gasteiger charge is 2.12. The van der Waals surface area contributed by atoms with Crippen LogP contribution in [0.3, 0.4) is 0 Å². The van der Waals surface area contributed by atoms with Crippen LogP contribution in [0.25, 0.3) is 0 Å². The highest BCUT2D eigenvalue weighted by Crippen LogP contribution is 2.15. The Balaban J connectivity index is 2.68. The lowest BCUT2D eigenvalue weighted by Gasteiger charge is -2.22. The van der Waals surface area contributed by atoms with Gasteiger partial charge in [-0.3, -0.25) is 0 Å². The number of aromatic nitrogens is 1. The van der Waals surface area contributed by atoms with E-state index in [1.165, 1.54) is 0 Å². The fraction of sp³-hybridized carbons (Fsp3) is 0.583. The van der Waals surface area contributed by atoms with Crippen molar-refractivity contribution in [1.82, 2.24) is 4.98 Å². The lowest BCUT2D eigenvalue weighted by Crippen LogP contribution is -2.30. The Kier molecular flexibility index (Phi) is 5.05. The van der Waals surface area contributed by atoms with Crippen LogP contribution in [-0.4, -0.2) is 31.8 Å². The minimum Gasteiger partial charge on any atom is -0.383 e. The molecule has 90 valence electrons. The number of anilines is 2. The zero-order valence-corrected chi connectivity index (χ0v) is 10.4. The molecule has 0 amide bonds. The Morgan fingerprint density at radius 2 is 2.19 bits per heavy atom. The summed E-state index contributed by atoms with van der Waals surface area (Å²) in [5, 5.41) is 6.47. The SMILES string of the molecule is CNc1cc(NC(COC)C(C)C)ccn1. The Labute approximate surface area is 97.4 Å². The van der Waals surface area contributed by atoms with Crippen molar-refractivity contribution in [1.29, 1.82) is 0 Å². The zero-order valence-electron chi connectivity index (χ0n) is 10.4. The molecule has 2 N–H and O–H groups in total. The largest absolute Gasteiger partial charge is 0.383 e. The maximum atomic E-state index is 5.20. The molecule has 0 fully saturated rings. The molecular formula is C12H21N3O. The van der Waals surface area contributed by atoms with E-state index in [1.54, 1.807) is 13.3 Å². The molecular weight excluding hydrogens is 202 g/mol. The molecule has 0 bridgehead atoms. The summed E-state index contributed by atoms with van der Waals surface area (Å²) in [7, 11) is 3.59. The van der Waals surface area contributed by atoms with Gasteiger partial charge in [-0.05, 0) is 12.0 Å². The van der Waals surface area contributed by atoms with Crippen LogP contribution in [0, 0.1) is 5.92 Å². The van der Waals surface area contributed by atoms with Gasteiger partial charge in [-0.2, -0.15) is 0 Å². The topological polar surface area (TPSA) is 46.2 Å². The van der Waals surface area contributed by atoms with E-state index in [1.807, 2.05) is 19.2 Å². The number of pyridine rings is 1. The molecule has 0 saturated heterocycles. The number of rotatable bonds is 6. The van der Waals surface area contributed by atoms with Gasteiger partial charge in [-0.1, -0.05) is 13.8 Å². The Hall–Kier alpha value is -1.29. The predicted octanol–water partition coefficient (Wildman–Crippen LogP) is 2.21. The van der Waals surface area contributed by atoms with Gasteiger partial charge in [-0.15, -0.1) is 0 Å². The van der Waals surface area contributed by atoms with Crippen LogP contribution in [0.5, 0.6) is 0 Å².